The summed E-state index contributed by atoms with van der Waals surface area (Å²) in [5.41, 5.74) is 0.0793. The Balaban J connectivity index is 3.78. The van der Waals surface area contributed by atoms with E-state index in [9.17, 15) is 5.11 Å². The molecule has 0 spiro atoms. The number of nitrogens with one attached hydrogen (secondary N) is 1. The Morgan fingerprint density at radius 2 is 1.87 bits per heavy atom. The van der Waals surface area contributed by atoms with Gasteiger partial charge in [-0.25, -0.2) is 0 Å². The SMILES string of the molecule is CCC(C)N(C)CC(O)CNC(C)(C)C. The molecule has 0 heterocycles. The van der Waals surface area contributed by atoms with Gasteiger partial charge in [-0.05, 0) is 41.2 Å². The maximum absolute atomic E-state index is 9.82. The predicted molar refractivity (Wildman–Crippen MR) is 66.1 cm³/mol. The van der Waals surface area contributed by atoms with Crippen molar-refractivity contribution in [1.82, 2.24) is 10.2 Å². The van der Waals surface area contributed by atoms with E-state index in [0.717, 1.165) is 13.0 Å². The number of likely N-dealkylation sites (N-methyl/N-ethyl adjacent to an activating group) is 1. The standard InChI is InChI=1S/C12H28N2O/c1-7-10(2)14(6)9-11(15)8-13-12(3,4)5/h10-11,13,15H,7-9H2,1-6H3. The van der Waals surface area contributed by atoms with E-state index in [2.05, 4.69) is 51.9 Å². The van der Waals surface area contributed by atoms with E-state index in [0.29, 0.717) is 12.6 Å². The van der Waals surface area contributed by atoms with Crippen LogP contribution in [0.3, 0.4) is 0 Å². The molecule has 0 fully saturated rings. The fourth-order valence-corrected chi connectivity index (χ4v) is 1.31. The highest BCUT2D eigenvalue weighted by molar-refractivity contribution is 4.75. The molecule has 0 aliphatic carbocycles. The van der Waals surface area contributed by atoms with Gasteiger partial charge in [0.1, 0.15) is 0 Å². The van der Waals surface area contributed by atoms with Crippen molar-refractivity contribution in [2.45, 2.75) is 58.7 Å². The fourth-order valence-electron chi connectivity index (χ4n) is 1.31. The first-order valence-corrected chi connectivity index (χ1v) is 5.89. The zero-order valence-corrected chi connectivity index (χ0v) is 11.2. The van der Waals surface area contributed by atoms with Crippen molar-refractivity contribution in [2.75, 3.05) is 20.1 Å². The number of hydrogen-bond donors (Lipinski definition) is 2. The minimum absolute atomic E-state index is 0.0793. The lowest BCUT2D eigenvalue weighted by molar-refractivity contribution is 0.1000. The van der Waals surface area contributed by atoms with Crippen LogP contribution >= 0.6 is 0 Å². The van der Waals surface area contributed by atoms with E-state index in [-0.39, 0.29) is 11.6 Å². The van der Waals surface area contributed by atoms with E-state index in [4.69, 9.17) is 0 Å². The summed E-state index contributed by atoms with van der Waals surface area (Å²) in [7, 11) is 2.06. The van der Waals surface area contributed by atoms with E-state index in [1.807, 2.05) is 0 Å². The third-order valence-corrected chi connectivity index (χ3v) is 2.71. The van der Waals surface area contributed by atoms with E-state index in [1.54, 1.807) is 0 Å². The highest BCUT2D eigenvalue weighted by atomic mass is 16.3. The third kappa shape index (κ3) is 7.77. The summed E-state index contributed by atoms with van der Waals surface area (Å²) in [4.78, 5) is 2.20. The lowest BCUT2D eigenvalue weighted by Crippen LogP contribution is -2.45. The first-order valence-electron chi connectivity index (χ1n) is 5.89. The van der Waals surface area contributed by atoms with Crippen LogP contribution in [0.15, 0.2) is 0 Å². The van der Waals surface area contributed by atoms with Gasteiger partial charge in [0.25, 0.3) is 0 Å². The molecular weight excluding hydrogens is 188 g/mol. The second kappa shape index (κ2) is 6.46. The van der Waals surface area contributed by atoms with Crippen molar-refractivity contribution in [2.24, 2.45) is 0 Å². The molecule has 0 radical (unpaired) electrons. The van der Waals surface area contributed by atoms with Gasteiger partial charge in [0.05, 0.1) is 6.10 Å². The molecule has 92 valence electrons. The van der Waals surface area contributed by atoms with Gasteiger partial charge in [0, 0.05) is 24.7 Å². The Morgan fingerprint density at radius 1 is 1.33 bits per heavy atom. The summed E-state index contributed by atoms with van der Waals surface area (Å²) in [5.74, 6) is 0. The topological polar surface area (TPSA) is 35.5 Å². The largest absolute Gasteiger partial charge is 0.390 e. The zero-order valence-electron chi connectivity index (χ0n) is 11.2. The van der Waals surface area contributed by atoms with Crippen LogP contribution in [0.25, 0.3) is 0 Å². The fraction of sp³-hybridized carbons (Fsp3) is 1.00. The number of nitrogens with zero attached hydrogens (tertiary/aromatic N) is 1. The molecule has 2 N–H and O–H groups in total. The molecule has 15 heavy (non-hydrogen) atoms. The van der Waals surface area contributed by atoms with Crippen LogP contribution in [-0.2, 0) is 0 Å². The quantitative estimate of drug-likeness (QED) is 0.706. The molecule has 0 aromatic rings. The van der Waals surface area contributed by atoms with Crippen LogP contribution in [0.4, 0.5) is 0 Å². The van der Waals surface area contributed by atoms with Gasteiger partial charge in [-0.2, -0.15) is 0 Å². The van der Waals surface area contributed by atoms with Gasteiger partial charge >= 0.3 is 0 Å². The maximum Gasteiger partial charge on any atom is 0.0791 e. The Kier molecular flexibility index (Phi) is 6.41. The smallest absolute Gasteiger partial charge is 0.0791 e. The van der Waals surface area contributed by atoms with Crippen LogP contribution in [-0.4, -0.2) is 47.8 Å². The average Bonchev–Trinajstić information content (AvgIpc) is 2.12. The van der Waals surface area contributed by atoms with Crippen molar-refractivity contribution in [3.63, 3.8) is 0 Å². The van der Waals surface area contributed by atoms with Gasteiger partial charge in [-0.1, -0.05) is 6.92 Å². The Hall–Kier alpha value is -0.120. The molecule has 0 bridgehead atoms. The molecule has 0 amide bonds. The van der Waals surface area contributed by atoms with Crippen LogP contribution in [0.2, 0.25) is 0 Å². The van der Waals surface area contributed by atoms with E-state index < -0.39 is 0 Å². The third-order valence-electron chi connectivity index (χ3n) is 2.71. The predicted octanol–water partition coefficient (Wildman–Crippen LogP) is 1.47. The molecule has 0 aromatic heterocycles. The molecule has 0 saturated carbocycles. The Morgan fingerprint density at radius 3 is 2.27 bits per heavy atom. The van der Waals surface area contributed by atoms with Gasteiger partial charge in [-0.3, -0.25) is 0 Å². The summed E-state index contributed by atoms with van der Waals surface area (Å²) in [6, 6.07) is 0.536. The van der Waals surface area contributed by atoms with Crippen molar-refractivity contribution >= 4 is 0 Å². The summed E-state index contributed by atoms with van der Waals surface area (Å²) in [6.45, 7) is 12.1. The van der Waals surface area contributed by atoms with Crippen molar-refractivity contribution in [3.05, 3.63) is 0 Å². The highest BCUT2D eigenvalue weighted by Gasteiger charge is 2.15. The van der Waals surface area contributed by atoms with E-state index >= 15 is 0 Å². The van der Waals surface area contributed by atoms with Crippen LogP contribution in [0, 0.1) is 0 Å². The van der Waals surface area contributed by atoms with Crippen LogP contribution in [0.1, 0.15) is 41.0 Å². The van der Waals surface area contributed by atoms with Crippen LogP contribution in [0.5, 0.6) is 0 Å². The Labute approximate surface area is 94.9 Å². The van der Waals surface area contributed by atoms with Crippen molar-refractivity contribution in [1.29, 1.82) is 0 Å². The van der Waals surface area contributed by atoms with E-state index in [1.165, 1.54) is 0 Å². The highest BCUT2D eigenvalue weighted by Crippen LogP contribution is 2.02. The number of β-amino-alcohol motifs (C(OH)–C–C–N with tert-alkyl or cyclic N) is 1. The van der Waals surface area contributed by atoms with Gasteiger partial charge in [0.2, 0.25) is 0 Å². The zero-order chi connectivity index (χ0) is 12.1. The Bertz CT molecular complexity index is 165. The normalized spacial score (nSPS) is 16.8. The molecule has 0 aliphatic heterocycles. The lowest BCUT2D eigenvalue weighted by Gasteiger charge is -2.28. The number of hydrogen-bond acceptors (Lipinski definition) is 3. The molecule has 3 heteroatoms. The van der Waals surface area contributed by atoms with Crippen molar-refractivity contribution in [3.8, 4) is 0 Å². The molecular formula is C12H28N2O. The monoisotopic (exact) mass is 216 g/mol. The first kappa shape index (κ1) is 14.9. The van der Waals surface area contributed by atoms with Crippen LogP contribution < -0.4 is 5.32 Å². The molecule has 0 saturated heterocycles. The molecule has 3 nitrogen and oxygen atoms in total. The lowest BCUT2D eigenvalue weighted by atomic mass is 10.1. The molecule has 0 aliphatic rings. The summed E-state index contributed by atoms with van der Waals surface area (Å²) < 4.78 is 0. The van der Waals surface area contributed by atoms with Gasteiger partial charge < -0.3 is 15.3 Å². The summed E-state index contributed by atoms with van der Waals surface area (Å²) in [6.07, 6.45) is 0.832. The number of rotatable bonds is 6. The first-order chi connectivity index (χ1) is 6.76. The summed E-state index contributed by atoms with van der Waals surface area (Å²) >= 11 is 0. The number of aliphatic hydroxyl groups is 1. The molecule has 2 unspecified atom stereocenters. The number of aliphatic hydroxyl groups excluding tert-OH is 1. The average molecular weight is 216 g/mol. The van der Waals surface area contributed by atoms with Gasteiger partial charge in [-0.15, -0.1) is 0 Å². The minimum Gasteiger partial charge on any atom is -0.390 e. The molecule has 0 aromatic carbocycles. The second-order valence-electron chi connectivity index (χ2n) is 5.48. The second-order valence-corrected chi connectivity index (χ2v) is 5.48. The molecule has 0 rings (SSSR count). The maximum atomic E-state index is 9.82. The minimum atomic E-state index is -0.289. The van der Waals surface area contributed by atoms with Gasteiger partial charge in [0.15, 0.2) is 0 Å². The molecule has 2 atom stereocenters. The summed E-state index contributed by atoms with van der Waals surface area (Å²) in [5, 5.41) is 13.1. The van der Waals surface area contributed by atoms with Crippen molar-refractivity contribution < 1.29 is 5.11 Å².